The zero-order valence-electron chi connectivity index (χ0n) is 14.9. The molecule has 0 saturated heterocycles. The Bertz CT molecular complexity index is 942. The van der Waals surface area contributed by atoms with Crippen LogP contribution in [0, 0.1) is 6.92 Å². The predicted molar refractivity (Wildman–Crippen MR) is 99.8 cm³/mol. The largest absolute Gasteiger partial charge is 0.320 e. The lowest BCUT2D eigenvalue weighted by molar-refractivity contribution is 0.312. The van der Waals surface area contributed by atoms with E-state index in [1.807, 2.05) is 17.9 Å². The van der Waals surface area contributed by atoms with Gasteiger partial charge in [-0.15, -0.1) is 0 Å². The molecule has 4 heteroatoms. The van der Waals surface area contributed by atoms with Crippen LogP contribution in [0.5, 0.6) is 0 Å². The fourth-order valence-corrected chi connectivity index (χ4v) is 3.81. The second-order valence-corrected chi connectivity index (χ2v) is 6.96. The van der Waals surface area contributed by atoms with Crippen molar-refractivity contribution in [1.29, 1.82) is 0 Å². The van der Waals surface area contributed by atoms with Gasteiger partial charge in [-0.3, -0.25) is 4.68 Å². The average Bonchev–Trinajstić information content (AvgIpc) is 3.10. The minimum Gasteiger partial charge on any atom is -0.320 e. The van der Waals surface area contributed by atoms with Crippen molar-refractivity contribution < 1.29 is 0 Å². The Morgan fingerprint density at radius 3 is 2.79 bits per heavy atom. The Hall–Kier alpha value is -2.33. The molecule has 0 bridgehead atoms. The molecule has 0 amide bonds. The molecule has 1 aliphatic rings. The van der Waals surface area contributed by atoms with Crippen LogP contribution in [0.25, 0.3) is 22.7 Å². The number of allylic oxidation sites excluding steroid dienone is 1. The zero-order valence-corrected chi connectivity index (χ0v) is 14.9. The molecule has 1 aromatic carbocycles. The smallest absolute Gasteiger partial charge is 0.0650 e. The maximum Gasteiger partial charge on any atom is 0.0650 e. The first-order valence-electron chi connectivity index (χ1n) is 8.52. The maximum absolute atomic E-state index is 4.30. The molecule has 0 spiro atoms. The standard InChI is InChI=1S/C20H24N4/c1-14-5-6-19-16(11-14)17-13-22(3)10-8-20(17)24(19)12-15(2)18-7-9-21-23(18)4/h5-7,9,11-12H,8,10,13H2,1-4H3/b15-12-. The number of hydrogen-bond acceptors (Lipinski definition) is 2. The van der Waals surface area contributed by atoms with E-state index in [0.29, 0.717) is 0 Å². The molecule has 0 radical (unpaired) electrons. The highest BCUT2D eigenvalue weighted by Crippen LogP contribution is 2.32. The lowest BCUT2D eigenvalue weighted by Crippen LogP contribution is -2.26. The fraction of sp³-hybridized carbons (Fsp3) is 0.350. The van der Waals surface area contributed by atoms with Crippen LogP contribution in [0.1, 0.15) is 29.4 Å². The Morgan fingerprint density at radius 1 is 1.21 bits per heavy atom. The van der Waals surface area contributed by atoms with Gasteiger partial charge in [-0.25, -0.2) is 0 Å². The number of likely N-dealkylation sites (N-methyl/N-ethyl adjacent to an activating group) is 1. The number of aryl methyl sites for hydroxylation is 2. The van der Waals surface area contributed by atoms with E-state index in [-0.39, 0.29) is 0 Å². The van der Waals surface area contributed by atoms with Crippen LogP contribution in [0.3, 0.4) is 0 Å². The van der Waals surface area contributed by atoms with Crippen molar-refractivity contribution in [3.63, 3.8) is 0 Å². The van der Waals surface area contributed by atoms with E-state index >= 15 is 0 Å². The summed E-state index contributed by atoms with van der Waals surface area (Å²) in [5, 5.41) is 5.69. The van der Waals surface area contributed by atoms with Gasteiger partial charge < -0.3 is 9.47 Å². The van der Waals surface area contributed by atoms with Gasteiger partial charge in [0.05, 0.1) is 11.2 Å². The van der Waals surface area contributed by atoms with Crippen LogP contribution in [0.4, 0.5) is 0 Å². The Labute approximate surface area is 143 Å². The van der Waals surface area contributed by atoms with Crippen LogP contribution in [-0.4, -0.2) is 32.8 Å². The summed E-state index contributed by atoms with van der Waals surface area (Å²) in [5.74, 6) is 0. The van der Waals surface area contributed by atoms with Gasteiger partial charge in [0.1, 0.15) is 0 Å². The predicted octanol–water partition coefficient (Wildman–Crippen LogP) is 3.69. The second-order valence-electron chi connectivity index (χ2n) is 6.96. The maximum atomic E-state index is 4.30. The van der Waals surface area contributed by atoms with E-state index in [1.165, 1.54) is 33.3 Å². The summed E-state index contributed by atoms with van der Waals surface area (Å²) in [6.07, 6.45) is 5.22. The number of fused-ring (bicyclic) bond motifs is 3. The van der Waals surface area contributed by atoms with Crippen molar-refractivity contribution in [3.05, 3.63) is 53.0 Å². The summed E-state index contributed by atoms with van der Waals surface area (Å²) < 4.78 is 4.33. The molecule has 0 N–H and O–H groups in total. The average molecular weight is 320 g/mol. The van der Waals surface area contributed by atoms with Gasteiger partial charge in [-0.05, 0) is 50.2 Å². The molecule has 0 saturated carbocycles. The third-order valence-electron chi connectivity index (χ3n) is 5.08. The van der Waals surface area contributed by atoms with Gasteiger partial charge in [0.15, 0.2) is 0 Å². The number of rotatable bonds is 2. The minimum atomic E-state index is 1.03. The summed E-state index contributed by atoms with van der Waals surface area (Å²) in [4.78, 5) is 2.41. The van der Waals surface area contributed by atoms with E-state index in [2.05, 4.69) is 65.9 Å². The lowest BCUT2D eigenvalue weighted by atomic mass is 10.0. The third-order valence-corrected chi connectivity index (χ3v) is 5.08. The van der Waals surface area contributed by atoms with Crippen LogP contribution in [0.15, 0.2) is 30.5 Å². The van der Waals surface area contributed by atoms with Crippen molar-refractivity contribution in [1.82, 2.24) is 19.2 Å². The van der Waals surface area contributed by atoms with E-state index in [4.69, 9.17) is 0 Å². The van der Waals surface area contributed by atoms with Crippen molar-refractivity contribution >= 4 is 22.7 Å². The quantitative estimate of drug-likeness (QED) is 0.720. The van der Waals surface area contributed by atoms with Crippen molar-refractivity contribution in [3.8, 4) is 0 Å². The molecule has 0 fully saturated rings. The first-order valence-corrected chi connectivity index (χ1v) is 8.52. The van der Waals surface area contributed by atoms with Gasteiger partial charge in [-0.2, -0.15) is 5.10 Å². The van der Waals surface area contributed by atoms with Crippen LogP contribution in [-0.2, 0) is 20.0 Å². The number of aromatic nitrogens is 3. The van der Waals surface area contributed by atoms with Crippen LogP contribution in [0.2, 0.25) is 0 Å². The molecule has 0 aliphatic carbocycles. The van der Waals surface area contributed by atoms with E-state index in [1.54, 1.807) is 0 Å². The summed E-state index contributed by atoms with van der Waals surface area (Å²) in [7, 11) is 4.20. The topological polar surface area (TPSA) is 26.0 Å². The highest BCUT2D eigenvalue weighted by atomic mass is 15.3. The monoisotopic (exact) mass is 320 g/mol. The molecule has 24 heavy (non-hydrogen) atoms. The third kappa shape index (κ3) is 2.38. The second kappa shape index (κ2) is 5.64. The van der Waals surface area contributed by atoms with Gasteiger partial charge >= 0.3 is 0 Å². The molecule has 4 rings (SSSR count). The number of hydrogen-bond donors (Lipinski definition) is 0. The van der Waals surface area contributed by atoms with Gasteiger partial charge in [0, 0.05) is 50.0 Å². The lowest BCUT2D eigenvalue weighted by Gasteiger charge is -2.23. The molecule has 3 aromatic rings. The molecule has 4 nitrogen and oxygen atoms in total. The van der Waals surface area contributed by atoms with Gasteiger partial charge in [-0.1, -0.05) is 11.6 Å². The molecule has 3 heterocycles. The number of nitrogens with zero attached hydrogens (tertiary/aromatic N) is 4. The Kier molecular flexibility index (Phi) is 3.57. The highest BCUT2D eigenvalue weighted by Gasteiger charge is 2.22. The zero-order chi connectivity index (χ0) is 16.8. The Balaban J connectivity index is 1.94. The minimum absolute atomic E-state index is 1.03. The number of benzene rings is 1. The Morgan fingerprint density at radius 2 is 2.04 bits per heavy atom. The molecule has 1 aliphatic heterocycles. The van der Waals surface area contributed by atoms with Crippen molar-refractivity contribution in [2.75, 3.05) is 13.6 Å². The summed E-state index contributed by atoms with van der Waals surface area (Å²) in [6, 6.07) is 8.87. The van der Waals surface area contributed by atoms with Gasteiger partial charge in [0.25, 0.3) is 0 Å². The van der Waals surface area contributed by atoms with E-state index in [0.717, 1.165) is 25.2 Å². The summed E-state index contributed by atoms with van der Waals surface area (Å²) >= 11 is 0. The van der Waals surface area contributed by atoms with Crippen LogP contribution >= 0.6 is 0 Å². The SMILES string of the molecule is C/C(=C/n1c2c(c3cc(C)ccc31)CN(C)CC2)c1ccnn1C. The van der Waals surface area contributed by atoms with Crippen molar-refractivity contribution in [2.24, 2.45) is 7.05 Å². The van der Waals surface area contributed by atoms with E-state index in [9.17, 15) is 0 Å². The molecular weight excluding hydrogens is 296 g/mol. The van der Waals surface area contributed by atoms with Gasteiger partial charge in [0.2, 0.25) is 0 Å². The molecular formula is C20H24N4. The molecule has 2 aromatic heterocycles. The first kappa shape index (κ1) is 15.2. The fourth-order valence-electron chi connectivity index (χ4n) is 3.81. The summed E-state index contributed by atoms with van der Waals surface area (Å²) in [5.41, 5.74) is 7.96. The molecule has 0 atom stereocenters. The first-order chi connectivity index (χ1) is 11.5. The molecule has 124 valence electrons. The highest BCUT2D eigenvalue weighted by molar-refractivity contribution is 5.90. The molecule has 0 unspecified atom stereocenters. The summed E-state index contributed by atoms with van der Waals surface area (Å²) in [6.45, 7) is 6.48. The van der Waals surface area contributed by atoms with Crippen LogP contribution < -0.4 is 0 Å². The van der Waals surface area contributed by atoms with Crippen molar-refractivity contribution in [2.45, 2.75) is 26.8 Å². The normalized spacial score (nSPS) is 15.9. The van der Waals surface area contributed by atoms with E-state index < -0.39 is 0 Å².